The highest BCUT2D eigenvalue weighted by atomic mass is 32.2. The quantitative estimate of drug-likeness (QED) is 0.225. The SMILES string of the molecule is CC(=O)N1N=C(c2ccccc2N2C(=O)C(C)SC2c2c(-c3ccccc3)[nH]c3ccccc23)CC1c1ccccc1O. The summed E-state index contributed by atoms with van der Waals surface area (Å²) in [5.41, 5.74) is 6.99. The first kappa shape index (κ1) is 27.0. The monoisotopic (exact) mass is 586 g/mol. The molecule has 5 aromatic rings. The summed E-state index contributed by atoms with van der Waals surface area (Å²) in [4.78, 5) is 32.3. The number of fused-ring (bicyclic) bond motifs is 1. The number of phenolic OH excluding ortho intramolecular Hbond substituents is 1. The topological polar surface area (TPSA) is 89.0 Å². The van der Waals surface area contributed by atoms with Gasteiger partial charge < -0.3 is 10.1 Å². The average molecular weight is 587 g/mol. The van der Waals surface area contributed by atoms with Gasteiger partial charge in [0.15, 0.2) is 0 Å². The van der Waals surface area contributed by atoms with Crippen LogP contribution < -0.4 is 4.90 Å². The number of aromatic hydroxyl groups is 1. The number of anilines is 1. The molecule has 7 rings (SSSR count). The van der Waals surface area contributed by atoms with Crippen LogP contribution in [0, 0.1) is 0 Å². The molecule has 1 aromatic heterocycles. The van der Waals surface area contributed by atoms with E-state index in [0.29, 0.717) is 17.7 Å². The molecular weight excluding hydrogens is 556 g/mol. The van der Waals surface area contributed by atoms with Crippen LogP contribution in [0.5, 0.6) is 5.75 Å². The minimum absolute atomic E-state index is 0.0195. The molecule has 2 N–H and O–H groups in total. The second-order valence-corrected chi connectivity index (χ2v) is 12.3. The molecular formula is C35H30N4O3S. The predicted octanol–water partition coefficient (Wildman–Crippen LogP) is 7.41. The number of hydrogen-bond acceptors (Lipinski definition) is 5. The van der Waals surface area contributed by atoms with Gasteiger partial charge in [-0.15, -0.1) is 11.8 Å². The molecule has 0 spiro atoms. The lowest BCUT2D eigenvalue weighted by molar-refractivity contribution is -0.130. The van der Waals surface area contributed by atoms with Crippen LogP contribution in [0.15, 0.2) is 108 Å². The van der Waals surface area contributed by atoms with E-state index in [4.69, 9.17) is 5.10 Å². The zero-order valence-electron chi connectivity index (χ0n) is 23.8. The summed E-state index contributed by atoms with van der Waals surface area (Å²) in [6.45, 7) is 3.43. The lowest BCUT2D eigenvalue weighted by atomic mass is 9.96. The van der Waals surface area contributed by atoms with Crippen LogP contribution in [-0.4, -0.2) is 37.9 Å². The van der Waals surface area contributed by atoms with Crippen molar-refractivity contribution in [1.82, 2.24) is 9.99 Å². The van der Waals surface area contributed by atoms with Crippen molar-refractivity contribution in [2.75, 3.05) is 4.90 Å². The second-order valence-electron chi connectivity index (χ2n) is 10.9. The number of H-pyrrole nitrogens is 1. The Labute approximate surface area is 253 Å². The Morgan fingerprint density at radius 3 is 2.42 bits per heavy atom. The van der Waals surface area contributed by atoms with Gasteiger partial charge in [0.2, 0.25) is 11.8 Å². The first-order chi connectivity index (χ1) is 20.9. The Morgan fingerprint density at radius 1 is 0.930 bits per heavy atom. The minimum atomic E-state index is -0.446. The average Bonchev–Trinajstić information content (AvgIpc) is 3.72. The van der Waals surface area contributed by atoms with Gasteiger partial charge in [-0.2, -0.15) is 5.10 Å². The number of hydrazone groups is 1. The summed E-state index contributed by atoms with van der Waals surface area (Å²) >= 11 is 1.63. The summed E-state index contributed by atoms with van der Waals surface area (Å²) in [6, 6.07) is 32.8. The molecule has 43 heavy (non-hydrogen) atoms. The number of nitrogens with one attached hydrogen (secondary N) is 1. The molecule has 7 nitrogen and oxygen atoms in total. The zero-order valence-corrected chi connectivity index (χ0v) is 24.6. The van der Waals surface area contributed by atoms with Crippen LogP contribution in [0.4, 0.5) is 5.69 Å². The number of hydrogen-bond donors (Lipinski definition) is 2. The molecule has 8 heteroatoms. The Hall–Kier alpha value is -4.82. The molecule has 2 aliphatic heterocycles. The van der Waals surface area contributed by atoms with Crippen molar-refractivity contribution in [3.8, 4) is 17.0 Å². The molecule has 2 aliphatic rings. The third-order valence-electron chi connectivity index (χ3n) is 8.21. The number of benzene rings is 4. The fourth-order valence-corrected chi connectivity index (χ4v) is 7.56. The third kappa shape index (κ3) is 4.58. The van der Waals surface area contributed by atoms with Crippen molar-refractivity contribution in [2.45, 2.75) is 36.9 Å². The van der Waals surface area contributed by atoms with Crippen molar-refractivity contribution in [3.05, 3.63) is 120 Å². The molecule has 1 saturated heterocycles. The molecule has 2 amide bonds. The molecule has 214 valence electrons. The van der Waals surface area contributed by atoms with Crippen LogP contribution in [0.3, 0.4) is 0 Å². The van der Waals surface area contributed by atoms with E-state index in [1.807, 2.05) is 78.6 Å². The Bertz CT molecular complexity index is 1900. The Kier molecular flexibility index (Phi) is 6.78. The van der Waals surface area contributed by atoms with E-state index in [1.54, 1.807) is 23.9 Å². The van der Waals surface area contributed by atoms with Gasteiger partial charge in [0.25, 0.3) is 0 Å². The number of amides is 2. The molecule has 4 aromatic carbocycles. The van der Waals surface area contributed by atoms with Gasteiger partial charge in [-0.25, -0.2) is 5.01 Å². The van der Waals surface area contributed by atoms with E-state index >= 15 is 0 Å². The molecule has 3 atom stereocenters. The summed E-state index contributed by atoms with van der Waals surface area (Å²) in [7, 11) is 0. The lowest BCUT2D eigenvalue weighted by Gasteiger charge is -2.27. The van der Waals surface area contributed by atoms with Gasteiger partial charge in [-0.05, 0) is 30.7 Å². The van der Waals surface area contributed by atoms with E-state index in [-0.39, 0.29) is 28.2 Å². The highest BCUT2D eigenvalue weighted by Gasteiger charge is 2.43. The van der Waals surface area contributed by atoms with E-state index in [1.165, 1.54) is 11.9 Å². The first-order valence-electron chi connectivity index (χ1n) is 14.3. The number of rotatable bonds is 5. The summed E-state index contributed by atoms with van der Waals surface area (Å²) in [5.74, 6) is -0.0753. The largest absolute Gasteiger partial charge is 0.508 e. The van der Waals surface area contributed by atoms with E-state index in [9.17, 15) is 14.7 Å². The smallest absolute Gasteiger partial charge is 0.241 e. The minimum Gasteiger partial charge on any atom is -0.508 e. The first-order valence-corrected chi connectivity index (χ1v) is 15.3. The highest BCUT2D eigenvalue weighted by molar-refractivity contribution is 8.01. The standard InChI is InChI=1S/C35H30N4O3S/c1-21-34(42)38(35(43-21)32-25-15-6-9-17-27(25)36-33(32)23-12-4-3-5-13-23)29-18-10-7-14-24(29)28-20-30(39(37-28)22(2)40)26-16-8-11-19-31(26)41/h3-19,21,30,35-36,41H,20H2,1-2H3. The van der Waals surface area contributed by atoms with Gasteiger partial charge in [0.1, 0.15) is 11.1 Å². The number of aromatic amines is 1. The van der Waals surface area contributed by atoms with Crippen molar-refractivity contribution in [2.24, 2.45) is 5.10 Å². The summed E-state index contributed by atoms with van der Waals surface area (Å²) in [5, 5.41) is 17.3. The van der Waals surface area contributed by atoms with Crippen molar-refractivity contribution < 1.29 is 14.7 Å². The van der Waals surface area contributed by atoms with Crippen LogP contribution in [0.25, 0.3) is 22.2 Å². The Morgan fingerprint density at radius 2 is 1.63 bits per heavy atom. The molecule has 3 heterocycles. The van der Waals surface area contributed by atoms with Gasteiger partial charge in [0, 0.05) is 40.9 Å². The van der Waals surface area contributed by atoms with Gasteiger partial charge in [-0.1, -0.05) is 84.9 Å². The van der Waals surface area contributed by atoms with Crippen molar-refractivity contribution in [1.29, 1.82) is 0 Å². The number of phenols is 1. The van der Waals surface area contributed by atoms with Gasteiger partial charge in [-0.3, -0.25) is 14.5 Å². The number of nitrogens with zero attached hydrogens (tertiary/aromatic N) is 3. The molecule has 0 saturated carbocycles. The second kappa shape index (κ2) is 10.8. The summed E-state index contributed by atoms with van der Waals surface area (Å²) < 4.78 is 0. The molecule has 0 radical (unpaired) electrons. The number of aromatic nitrogens is 1. The van der Waals surface area contributed by atoms with Crippen molar-refractivity contribution in [3.63, 3.8) is 0 Å². The van der Waals surface area contributed by atoms with Crippen molar-refractivity contribution >= 4 is 45.9 Å². The number of carbonyl (C=O) groups is 2. The number of para-hydroxylation sites is 3. The summed E-state index contributed by atoms with van der Waals surface area (Å²) in [6.07, 6.45) is 0.409. The molecule has 1 fully saturated rings. The normalized spacial score (nSPS) is 20.2. The molecule has 0 bridgehead atoms. The van der Waals surface area contributed by atoms with E-state index < -0.39 is 6.04 Å². The zero-order chi connectivity index (χ0) is 29.7. The molecule has 0 aliphatic carbocycles. The highest BCUT2D eigenvalue weighted by Crippen LogP contribution is 2.51. The van der Waals surface area contributed by atoms with Crippen LogP contribution in [-0.2, 0) is 9.59 Å². The third-order valence-corrected chi connectivity index (χ3v) is 9.53. The Balaban J connectivity index is 1.36. The van der Waals surface area contributed by atoms with Crippen LogP contribution >= 0.6 is 11.8 Å². The fourth-order valence-electron chi connectivity index (χ4n) is 6.22. The van der Waals surface area contributed by atoms with Gasteiger partial charge in [0.05, 0.1) is 28.4 Å². The predicted molar refractivity (Wildman–Crippen MR) is 172 cm³/mol. The van der Waals surface area contributed by atoms with E-state index in [0.717, 1.165) is 39.0 Å². The van der Waals surface area contributed by atoms with Crippen LogP contribution in [0.2, 0.25) is 0 Å². The maximum absolute atomic E-state index is 14.0. The lowest BCUT2D eigenvalue weighted by Crippen LogP contribution is -2.31. The number of thioether (sulfide) groups is 1. The molecule has 3 unspecified atom stereocenters. The maximum Gasteiger partial charge on any atom is 0.241 e. The van der Waals surface area contributed by atoms with Crippen LogP contribution in [0.1, 0.15) is 48.4 Å². The van der Waals surface area contributed by atoms with Gasteiger partial charge >= 0.3 is 0 Å². The van der Waals surface area contributed by atoms with E-state index in [2.05, 4.69) is 29.2 Å². The maximum atomic E-state index is 14.0. The fraction of sp³-hybridized carbons (Fsp3) is 0.171. The number of carbonyl (C=O) groups excluding carboxylic acids is 2.